The quantitative estimate of drug-likeness (QED) is 0.258. The van der Waals surface area contributed by atoms with Crippen molar-refractivity contribution < 1.29 is 33.8 Å². The van der Waals surface area contributed by atoms with E-state index in [0.29, 0.717) is 36.5 Å². The smallest absolute Gasteiger partial charge is 0.358 e. The van der Waals surface area contributed by atoms with Crippen LogP contribution in [0.15, 0.2) is 41.9 Å². The van der Waals surface area contributed by atoms with Crippen molar-refractivity contribution in [2.24, 2.45) is 11.3 Å². The maximum absolute atomic E-state index is 13.1. The predicted octanol–water partition coefficient (Wildman–Crippen LogP) is 1.05. The molecule has 38 heavy (non-hydrogen) atoms. The van der Waals surface area contributed by atoms with Gasteiger partial charge in [-0.25, -0.2) is 4.79 Å². The molecule has 1 aromatic rings. The average Bonchev–Trinajstić information content (AvgIpc) is 3.43. The van der Waals surface area contributed by atoms with Crippen LogP contribution < -0.4 is 10.6 Å². The summed E-state index contributed by atoms with van der Waals surface area (Å²) < 4.78 is 10.3. The van der Waals surface area contributed by atoms with E-state index >= 15 is 0 Å². The predicted molar refractivity (Wildman–Crippen MR) is 136 cm³/mol. The molecule has 2 amide bonds. The van der Waals surface area contributed by atoms with E-state index in [0.717, 1.165) is 5.56 Å². The van der Waals surface area contributed by atoms with Crippen LogP contribution in [0.5, 0.6) is 0 Å². The minimum absolute atomic E-state index is 0.0909. The van der Waals surface area contributed by atoms with Gasteiger partial charge in [0.15, 0.2) is 0 Å². The molecule has 3 N–H and O–H groups in total. The number of hydrogen-bond acceptors (Lipinski definition) is 9. The van der Waals surface area contributed by atoms with Gasteiger partial charge >= 0.3 is 11.9 Å². The van der Waals surface area contributed by atoms with Crippen LogP contribution in [0.1, 0.15) is 45.2 Å². The third-order valence-corrected chi connectivity index (χ3v) is 6.78. The summed E-state index contributed by atoms with van der Waals surface area (Å²) >= 11 is 0. The van der Waals surface area contributed by atoms with E-state index in [1.165, 1.54) is 4.90 Å². The third-order valence-electron chi connectivity index (χ3n) is 6.78. The van der Waals surface area contributed by atoms with Gasteiger partial charge in [-0.2, -0.15) is 0 Å². The first-order valence-corrected chi connectivity index (χ1v) is 12.5. The normalized spacial score (nSPS) is 21.3. The number of nitrogens with zero attached hydrogens (tertiary/aromatic N) is 2. The molecule has 3 aliphatic heterocycles. The van der Waals surface area contributed by atoms with Gasteiger partial charge < -0.3 is 35.0 Å². The van der Waals surface area contributed by atoms with Crippen molar-refractivity contribution in [2.75, 3.05) is 20.5 Å². The van der Waals surface area contributed by atoms with Gasteiger partial charge in [0.2, 0.25) is 12.7 Å². The van der Waals surface area contributed by atoms with Gasteiger partial charge in [0.1, 0.15) is 11.4 Å². The zero-order chi connectivity index (χ0) is 27.8. The molecular formula is C27H34N4O7. The largest absolute Gasteiger partial charge is 0.427 e. The first-order chi connectivity index (χ1) is 17.9. The van der Waals surface area contributed by atoms with Crippen LogP contribution in [-0.2, 0) is 35.2 Å². The van der Waals surface area contributed by atoms with Crippen molar-refractivity contribution in [3.05, 3.63) is 53.0 Å². The fourth-order valence-electron chi connectivity index (χ4n) is 4.70. The highest BCUT2D eigenvalue weighted by Gasteiger charge is 2.57. The Balaban J connectivity index is 1.49. The molecule has 11 nitrogen and oxygen atoms in total. The molecule has 0 saturated carbocycles. The number of nitrogens with one attached hydrogen (secondary N) is 2. The number of benzene rings is 1. The first-order valence-electron chi connectivity index (χ1n) is 12.5. The van der Waals surface area contributed by atoms with Crippen molar-refractivity contribution >= 4 is 29.3 Å². The number of esters is 2. The highest BCUT2D eigenvalue weighted by molar-refractivity contribution is 6.06. The van der Waals surface area contributed by atoms with E-state index in [9.17, 15) is 24.3 Å². The minimum atomic E-state index is -0.858. The summed E-state index contributed by atoms with van der Waals surface area (Å²) in [6.45, 7) is 6.93. The number of fused-ring (bicyclic) bond motifs is 1. The van der Waals surface area contributed by atoms with Crippen LogP contribution in [0.4, 0.5) is 0 Å². The Labute approximate surface area is 221 Å². The van der Waals surface area contributed by atoms with Gasteiger partial charge in [0.25, 0.3) is 5.91 Å². The third kappa shape index (κ3) is 5.38. The fourth-order valence-corrected chi connectivity index (χ4v) is 4.70. The molecule has 3 aliphatic rings. The van der Waals surface area contributed by atoms with Gasteiger partial charge in [-0.05, 0) is 50.8 Å². The van der Waals surface area contributed by atoms with E-state index < -0.39 is 36.2 Å². The Kier molecular flexibility index (Phi) is 7.50. The molecule has 0 aliphatic carbocycles. The number of carbonyl (C=O) groups excluding carboxylic acids is 4. The summed E-state index contributed by atoms with van der Waals surface area (Å²) in [5.74, 6) is -2.46. The summed E-state index contributed by atoms with van der Waals surface area (Å²) in [6.07, 6.45) is 1.25. The lowest BCUT2D eigenvalue weighted by atomic mass is 9.82. The summed E-state index contributed by atoms with van der Waals surface area (Å²) in [4.78, 5) is 53.5. The zero-order valence-electron chi connectivity index (χ0n) is 22.2. The molecule has 1 aromatic carbocycles. The lowest BCUT2D eigenvalue weighted by Gasteiger charge is -2.44. The topological polar surface area (TPSA) is 138 Å². The molecule has 0 spiro atoms. The molecule has 1 saturated heterocycles. The zero-order valence-corrected chi connectivity index (χ0v) is 22.2. The number of amides is 2. The van der Waals surface area contributed by atoms with E-state index in [4.69, 9.17) is 9.47 Å². The van der Waals surface area contributed by atoms with E-state index in [1.807, 2.05) is 36.2 Å². The van der Waals surface area contributed by atoms with Crippen LogP contribution >= 0.6 is 0 Å². The van der Waals surface area contributed by atoms with Crippen molar-refractivity contribution in [1.82, 2.24) is 20.4 Å². The maximum Gasteiger partial charge on any atom is 0.358 e. The Morgan fingerprint density at radius 1 is 1.18 bits per heavy atom. The van der Waals surface area contributed by atoms with Gasteiger partial charge in [0, 0.05) is 19.8 Å². The van der Waals surface area contributed by atoms with Crippen LogP contribution in [0.2, 0.25) is 0 Å². The Bertz CT molecular complexity index is 1200. The summed E-state index contributed by atoms with van der Waals surface area (Å²) in [5.41, 5.74) is 2.01. The Hall–Kier alpha value is -3.86. The summed E-state index contributed by atoms with van der Waals surface area (Å²) in [7, 11) is 1.87. The molecule has 0 aromatic heterocycles. The Morgan fingerprint density at radius 3 is 2.45 bits per heavy atom. The van der Waals surface area contributed by atoms with E-state index in [-0.39, 0.29) is 23.6 Å². The van der Waals surface area contributed by atoms with Crippen molar-refractivity contribution in [3.63, 3.8) is 0 Å². The maximum atomic E-state index is 13.1. The van der Waals surface area contributed by atoms with Crippen LogP contribution in [0.25, 0.3) is 5.57 Å². The standard InChI is InChI=1S/C27H34N4O7/c1-15(32)21-20-10-18(22(31(20)24(21)34)25(35)37-14-38-26(36)27(2,3)4)17-8-6-16(7-9-17)11-28-23(33)19-12-30(5)13-29-19/h6-9,12,15,20-21,29,32H,10-11,13-14H2,1-5H3,(H,28,33)/t15-,20-,21-/m1/s1. The molecule has 204 valence electrons. The number of rotatable bonds is 8. The lowest BCUT2D eigenvalue weighted by molar-refractivity contribution is -0.175. The molecule has 3 heterocycles. The fraction of sp³-hybridized carbons (Fsp3) is 0.481. The average molecular weight is 527 g/mol. The second kappa shape index (κ2) is 10.5. The number of β-lactam (4-membered cyclic amide) rings is 1. The molecule has 0 radical (unpaired) electrons. The molecular weight excluding hydrogens is 492 g/mol. The van der Waals surface area contributed by atoms with Crippen molar-refractivity contribution in [1.29, 1.82) is 0 Å². The molecule has 11 heteroatoms. The summed E-state index contributed by atoms with van der Waals surface area (Å²) in [5, 5.41) is 16.0. The first kappa shape index (κ1) is 27.2. The van der Waals surface area contributed by atoms with Crippen molar-refractivity contribution in [2.45, 2.75) is 52.8 Å². The van der Waals surface area contributed by atoms with Gasteiger partial charge in [-0.3, -0.25) is 14.4 Å². The van der Waals surface area contributed by atoms with Gasteiger partial charge in [0.05, 0.1) is 30.1 Å². The van der Waals surface area contributed by atoms with E-state index in [2.05, 4.69) is 10.6 Å². The highest BCUT2D eigenvalue weighted by Crippen LogP contribution is 2.47. The van der Waals surface area contributed by atoms with Gasteiger partial charge in [-0.1, -0.05) is 24.3 Å². The Morgan fingerprint density at radius 2 is 1.87 bits per heavy atom. The number of carbonyl (C=O) groups is 4. The second-order valence-electron chi connectivity index (χ2n) is 10.8. The van der Waals surface area contributed by atoms with E-state index in [1.54, 1.807) is 33.9 Å². The van der Waals surface area contributed by atoms with Gasteiger partial charge in [-0.15, -0.1) is 0 Å². The van der Waals surface area contributed by atoms with Crippen molar-refractivity contribution in [3.8, 4) is 0 Å². The number of hydrogen-bond donors (Lipinski definition) is 3. The minimum Gasteiger partial charge on any atom is -0.427 e. The molecule has 1 fully saturated rings. The molecule has 3 atom stereocenters. The van der Waals surface area contributed by atoms with Crippen LogP contribution in [0.3, 0.4) is 0 Å². The molecule has 0 bridgehead atoms. The molecule has 0 unspecified atom stereocenters. The lowest BCUT2D eigenvalue weighted by Crippen LogP contribution is -2.61. The highest BCUT2D eigenvalue weighted by atomic mass is 16.7. The SMILES string of the molecule is C[C@@H](O)[C@H]1C(=O)N2C(C(=O)OCOC(=O)C(C)(C)C)=C(c3ccc(CNC(=O)C4=CN(C)CN4)cc3)C[C@H]12. The summed E-state index contributed by atoms with van der Waals surface area (Å²) in [6, 6.07) is 6.95. The second-order valence-corrected chi connectivity index (χ2v) is 10.8. The van der Waals surface area contributed by atoms with Crippen LogP contribution in [-0.4, -0.2) is 71.3 Å². The molecule has 4 rings (SSSR count). The van der Waals surface area contributed by atoms with Crippen LogP contribution in [0, 0.1) is 11.3 Å². The number of aliphatic hydroxyl groups is 1. The number of ether oxygens (including phenoxy) is 2. The monoisotopic (exact) mass is 526 g/mol. The number of aliphatic hydroxyl groups excluding tert-OH is 1.